The first-order valence-electron chi connectivity index (χ1n) is 9.18. The lowest BCUT2D eigenvalue weighted by Crippen LogP contribution is -2.38. The third-order valence-corrected chi connectivity index (χ3v) is 5.11. The fourth-order valence-electron chi connectivity index (χ4n) is 3.75. The van der Waals surface area contributed by atoms with Crippen molar-refractivity contribution in [3.8, 4) is 11.1 Å². The van der Waals surface area contributed by atoms with E-state index in [9.17, 15) is 0 Å². The third kappa shape index (κ3) is 2.70. The molecule has 2 aromatic heterocycles. The maximum atomic E-state index is 4.61. The summed E-state index contributed by atoms with van der Waals surface area (Å²) in [5.41, 5.74) is 3.08. The van der Waals surface area contributed by atoms with Gasteiger partial charge < -0.3 is 10.6 Å². The molecule has 130 valence electrons. The van der Waals surface area contributed by atoms with Crippen molar-refractivity contribution in [3.63, 3.8) is 0 Å². The summed E-state index contributed by atoms with van der Waals surface area (Å²) in [6, 6.07) is 17.4. The Kier molecular flexibility index (Phi) is 3.79. The minimum Gasteiger partial charge on any atom is -0.366 e. The molecule has 5 nitrogen and oxygen atoms in total. The quantitative estimate of drug-likeness (QED) is 0.595. The van der Waals surface area contributed by atoms with Crippen LogP contribution in [0.2, 0.25) is 0 Å². The highest BCUT2D eigenvalue weighted by Crippen LogP contribution is 2.28. The number of benzene rings is 2. The molecule has 1 unspecified atom stereocenters. The monoisotopic (exact) mass is 343 g/mol. The summed E-state index contributed by atoms with van der Waals surface area (Å²) in [4.78, 5) is 4.60. The first-order chi connectivity index (χ1) is 12.9. The standard InChI is InChI=1S/C21H21N5/c1-2-5-16-12-17(8-7-15(16)4-1)19-14-24-26-20(9-11-23-21(19)26)25-18-6-3-10-22-13-18/h1-2,4-5,7-9,11-12,14,18,22,25H,3,6,10,13H2. The first-order valence-corrected chi connectivity index (χ1v) is 9.18. The number of piperidine rings is 1. The van der Waals surface area contributed by atoms with E-state index < -0.39 is 0 Å². The molecule has 0 bridgehead atoms. The molecule has 5 rings (SSSR count). The Bertz CT molecular complexity index is 1060. The Morgan fingerprint density at radius 2 is 2.00 bits per heavy atom. The van der Waals surface area contributed by atoms with E-state index in [4.69, 9.17) is 0 Å². The van der Waals surface area contributed by atoms with E-state index in [1.807, 2.05) is 23.0 Å². The molecule has 2 N–H and O–H groups in total. The number of aromatic nitrogens is 3. The molecule has 4 aromatic rings. The zero-order valence-electron chi connectivity index (χ0n) is 14.5. The molecule has 1 aliphatic heterocycles. The number of hydrogen-bond donors (Lipinski definition) is 2. The van der Waals surface area contributed by atoms with Gasteiger partial charge in [-0.05, 0) is 47.9 Å². The number of fused-ring (bicyclic) bond motifs is 2. The van der Waals surface area contributed by atoms with Gasteiger partial charge in [-0.25, -0.2) is 4.98 Å². The van der Waals surface area contributed by atoms with Crippen molar-refractivity contribution < 1.29 is 0 Å². The maximum Gasteiger partial charge on any atom is 0.165 e. The second-order valence-electron chi connectivity index (χ2n) is 6.87. The van der Waals surface area contributed by atoms with Crippen molar-refractivity contribution in [2.75, 3.05) is 18.4 Å². The maximum absolute atomic E-state index is 4.61. The Labute approximate surface area is 152 Å². The number of rotatable bonds is 3. The van der Waals surface area contributed by atoms with Gasteiger partial charge in [0.2, 0.25) is 0 Å². The summed E-state index contributed by atoms with van der Waals surface area (Å²) in [5.74, 6) is 0.996. The highest BCUT2D eigenvalue weighted by atomic mass is 15.3. The minimum absolute atomic E-state index is 0.433. The molecule has 0 spiro atoms. The summed E-state index contributed by atoms with van der Waals surface area (Å²) < 4.78 is 1.92. The van der Waals surface area contributed by atoms with Crippen LogP contribution in [0.5, 0.6) is 0 Å². The summed E-state index contributed by atoms with van der Waals surface area (Å²) in [6.45, 7) is 2.10. The van der Waals surface area contributed by atoms with Gasteiger partial charge in [-0.1, -0.05) is 36.4 Å². The lowest BCUT2D eigenvalue weighted by molar-refractivity contribution is 0.478. The van der Waals surface area contributed by atoms with E-state index in [1.54, 1.807) is 0 Å². The number of anilines is 1. The van der Waals surface area contributed by atoms with Crippen LogP contribution in [0.25, 0.3) is 27.5 Å². The van der Waals surface area contributed by atoms with Crippen LogP contribution in [-0.2, 0) is 0 Å². The summed E-state index contributed by atoms with van der Waals surface area (Å²) >= 11 is 0. The zero-order chi connectivity index (χ0) is 17.3. The van der Waals surface area contributed by atoms with Crippen LogP contribution >= 0.6 is 0 Å². The molecule has 0 radical (unpaired) electrons. The number of nitrogens with one attached hydrogen (secondary N) is 2. The lowest BCUT2D eigenvalue weighted by atomic mass is 10.0. The average Bonchev–Trinajstić information content (AvgIpc) is 3.14. The van der Waals surface area contributed by atoms with Crippen LogP contribution in [0.4, 0.5) is 5.82 Å². The lowest BCUT2D eigenvalue weighted by Gasteiger charge is -2.24. The molecule has 0 aliphatic carbocycles. The van der Waals surface area contributed by atoms with Crippen molar-refractivity contribution in [1.82, 2.24) is 19.9 Å². The van der Waals surface area contributed by atoms with E-state index >= 15 is 0 Å². The summed E-state index contributed by atoms with van der Waals surface area (Å²) in [5, 5.41) is 14.1. The second kappa shape index (κ2) is 6.42. The molecule has 26 heavy (non-hydrogen) atoms. The molecule has 2 aromatic carbocycles. The number of hydrogen-bond acceptors (Lipinski definition) is 4. The summed E-state index contributed by atoms with van der Waals surface area (Å²) in [7, 11) is 0. The van der Waals surface area contributed by atoms with E-state index in [0.29, 0.717) is 6.04 Å². The van der Waals surface area contributed by atoms with E-state index in [0.717, 1.165) is 35.7 Å². The fourth-order valence-corrected chi connectivity index (χ4v) is 3.75. The van der Waals surface area contributed by atoms with Crippen molar-refractivity contribution in [1.29, 1.82) is 0 Å². The summed E-state index contributed by atoms with van der Waals surface area (Å²) in [6.07, 6.45) is 6.15. The smallest absolute Gasteiger partial charge is 0.165 e. The van der Waals surface area contributed by atoms with Crippen molar-refractivity contribution in [2.24, 2.45) is 0 Å². The van der Waals surface area contributed by atoms with Gasteiger partial charge in [0.05, 0.1) is 6.20 Å². The zero-order valence-corrected chi connectivity index (χ0v) is 14.5. The predicted octanol–water partition coefficient (Wildman–Crippen LogP) is 3.71. The normalized spacial score (nSPS) is 17.6. The molecule has 3 heterocycles. The molecule has 5 heteroatoms. The SMILES string of the molecule is c1ccc2cc(-c3cnn4c(NC5CCCNC5)ccnc34)ccc2c1. The molecular formula is C21H21N5. The van der Waals surface area contributed by atoms with Gasteiger partial charge in [0.1, 0.15) is 5.82 Å². The topological polar surface area (TPSA) is 54.2 Å². The second-order valence-corrected chi connectivity index (χ2v) is 6.87. The Balaban J connectivity index is 1.55. The predicted molar refractivity (Wildman–Crippen MR) is 105 cm³/mol. The van der Waals surface area contributed by atoms with E-state index in [2.05, 4.69) is 63.2 Å². The van der Waals surface area contributed by atoms with Gasteiger partial charge >= 0.3 is 0 Å². The van der Waals surface area contributed by atoms with Crippen LogP contribution in [-0.4, -0.2) is 33.7 Å². The van der Waals surface area contributed by atoms with Crippen molar-refractivity contribution >= 4 is 22.2 Å². The first kappa shape index (κ1) is 15.3. The van der Waals surface area contributed by atoms with E-state index in [1.165, 1.54) is 23.6 Å². The molecule has 0 saturated carbocycles. The van der Waals surface area contributed by atoms with Crippen LogP contribution in [0.3, 0.4) is 0 Å². The fraction of sp³-hybridized carbons (Fsp3) is 0.238. The average molecular weight is 343 g/mol. The molecule has 1 aliphatic rings. The largest absolute Gasteiger partial charge is 0.366 e. The van der Waals surface area contributed by atoms with Gasteiger partial charge in [-0.15, -0.1) is 0 Å². The van der Waals surface area contributed by atoms with Crippen molar-refractivity contribution in [3.05, 3.63) is 60.9 Å². The van der Waals surface area contributed by atoms with Gasteiger partial charge in [0, 0.05) is 24.3 Å². The van der Waals surface area contributed by atoms with Crippen LogP contribution < -0.4 is 10.6 Å². The van der Waals surface area contributed by atoms with Crippen LogP contribution in [0.15, 0.2) is 60.9 Å². The highest BCUT2D eigenvalue weighted by Gasteiger charge is 2.16. The van der Waals surface area contributed by atoms with Gasteiger partial charge in [-0.2, -0.15) is 9.61 Å². The third-order valence-electron chi connectivity index (χ3n) is 5.11. The highest BCUT2D eigenvalue weighted by molar-refractivity contribution is 5.89. The van der Waals surface area contributed by atoms with Gasteiger partial charge in [0.15, 0.2) is 5.65 Å². The Hall–Kier alpha value is -2.92. The van der Waals surface area contributed by atoms with E-state index in [-0.39, 0.29) is 0 Å². The van der Waals surface area contributed by atoms with Crippen molar-refractivity contribution in [2.45, 2.75) is 18.9 Å². The molecule has 1 fully saturated rings. The molecule has 0 amide bonds. The minimum atomic E-state index is 0.433. The molecule has 1 saturated heterocycles. The Morgan fingerprint density at radius 3 is 2.88 bits per heavy atom. The van der Waals surface area contributed by atoms with Gasteiger partial charge in [0.25, 0.3) is 0 Å². The van der Waals surface area contributed by atoms with Gasteiger partial charge in [-0.3, -0.25) is 0 Å². The molecular weight excluding hydrogens is 322 g/mol. The molecule has 1 atom stereocenters. The van der Waals surface area contributed by atoms with Crippen LogP contribution in [0, 0.1) is 0 Å². The number of nitrogens with zero attached hydrogens (tertiary/aromatic N) is 3. The van der Waals surface area contributed by atoms with Crippen LogP contribution in [0.1, 0.15) is 12.8 Å². The Morgan fingerprint density at radius 1 is 1.08 bits per heavy atom.